The minimum atomic E-state index is -0.105. The Hall–Kier alpha value is -1.26. The van der Waals surface area contributed by atoms with Gasteiger partial charge >= 0.3 is 0 Å². The number of halogens is 1. The largest absolute Gasteiger partial charge is 0.358 e. The van der Waals surface area contributed by atoms with Gasteiger partial charge < -0.3 is 15.5 Å². The molecule has 0 saturated carbocycles. The maximum atomic E-state index is 11.9. The molecule has 5 heteroatoms. The Kier molecular flexibility index (Phi) is 5.48. The van der Waals surface area contributed by atoms with Crippen LogP contribution in [-0.2, 0) is 11.3 Å². The third-order valence-electron chi connectivity index (χ3n) is 3.84. The number of benzene rings is 1. The van der Waals surface area contributed by atoms with Crippen LogP contribution >= 0.6 is 11.6 Å². The number of carbonyl (C=O) groups is 1. The van der Waals surface area contributed by atoms with Crippen molar-refractivity contribution in [1.82, 2.24) is 10.6 Å². The predicted molar refractivity (Wildman–Crippen MR) is 87.9 cm³/mol. The highest BCUT2D eigenvalue weighted by Crippen LogP contribution is 2.32. The summed E-state index contributed by atoms with van der Waals surface area (Å²) in [5, 5.41) is 6.83. The lowest BCUT2D eigenvalue weighted by Crippen LogP contribution is -2.42. The summed E-state index contributed by atoms with van der Waals surface area (Å²) in [6.45, 7) is 5.92. The quantitative estimate of drug-likeness (QED) is 0.878. The van der Waals surface area contributed by atoms with E-state index in [2.05, 4.69) is 35.4 Å². The van der Waals surface area contributed by atoms with Gasteiger partial charge in [-0.3, -0.25) is 4.79 Å². The van der Waals surface area contributed by atoms with Crippen LogP contribution in [0.1, 0.15) is 32.3 Å². The minimum absolute atomic E-state index is 0.0640. The lowest BCUT2D eigenvalue weighted by atomic mass is 10.1. The number of anilines is 1. The van der Waals surface area contributed by atoms with Gasteiger partial charge in [0.2, 0.25) is 5.91 Å². The zero-order valence-corrected chi connectivity index (χ0v) is 13.7. The standard InChI is InChI=1S/C16H24ClN3O/c1-11(2)19-10-12-6-7-14(13(17)9-12)20-8-4-5-15(20)16(21)18-3/h6-7,9,11,15,19H,4-5,8,10H2,1-3H3,(H,18,21). The summed E-state index contributed by atoms with van der Waals surface area (Å²) in [6.07, 6.45) is 1.90. The van der Waals surface area contributed by atoms with E-state index in [1.165, 1.54) is 0 Å². The number of nitrogens with zero attached hydrogens (tertiary/aromatic N) is 1. The summed E-state index contributed by atoms with van der Waals surface area (Å²) in [5.41, 5.74) is 2.12. The van der Waals surface area contributed by atoms with Crippen molar-refractivity contribution >= 4 is 23.2 Å². The molecular formula is C16H24ClN3O. The van der Waals surface area contributed by atoms with Gasteiger partial charge in [0.25, 0.3) is 0 Å². The van der Waals surface area contributed by atoms with Crippen LogP contribution in [0.2, 0.25) is 5.02 Å². The molecule has 0 bridgehead atoms. The van der Waals surface area contributed by atoms with E-state index in [9.17, 15) is 4.79 Å². The fraction of sp³-hybridized carbons (Fsp3) is 0.562. The molecule has 1 unspecified atom stereocenters. The molecule has 116 valence electrons. The first-order chi connectivity index (χ1) is 10.0. The van der Waals surface area contributed by atoms with Gasteiger partial charge in [0, 0.05) is 26.2 Å². The van der Waals surface area contributed by atoms with E-state index in [0.29, 0.717) is 11.1 Å². The summed E-state index contributed by atoms with van der Waals surface area (Å²) in [7, 11) is 1.68. The Morgan fingerprint density at radius 1 is 1.48 bits per heavy atom. The lowest BCUT2D eigenvalue weighted by Gasteiger charge is -2.26. The average molecular weight is 310 g/mol. The molecule has 0 aliphatic carbocycles. The maximum Gasteiger partial charge on any atom is 0.242 e. The Bertz CT molecular complexity index is 504. The number of nitrogens with one attached hydrogen (secondary N) is 2. The summed E-state index contributed by atoms with van der Waals surface area (Å²) in [4.78, 5) is 14.1. The van der Waals surface area contributed by atoms with E-state index in [0.717, 1.165) is 37.2 Å². The maximum absolute atomic E-state index is 11.9. The van der Waals surface area contributed by atoms with Crippen LogP contribution in [0.15, 0.2) is 18.2 Å². The Balaban J connectivity index is 2.14. The van der Waals surface area contributed by atoms with Gasteiger partial charge in [-0.2, -0.15) is 0 Å². The van der Waals surface area contributed by atoms with Crippen LogP contribution in [0.25, 0.3) is 0 Å². The van der Waals surface area contributed by atoms with Crippen molar-refractivity contribution in [1.29, 1.82) is 0 Å². The molecule has 0 spiro atoms. The highest BCUT2D eigenvalue weighted by atomic mass is 35.5. The molecular weight excluding hydrogens is 286 g/mol. The van der Waals surface area contributed by atoms with Gasteiger partial charge in [-0.25, -0.2) is 0 Å². The average Bonchev–Trinajstić information content (AvgIpc) is 2.93. The summed E-state index contributed by atoms with van der Waals surface area (Å²) in [5.74, 6) is 0.0640. The van der Waals surface area contributed by atoms with Crippen LogP contribution < -0.4 is 15.5 Å². The molecule has 1 aliphatic heterocycles. The van der Waals surface area contributed by atoms with Crippen LogP contribution in [0.4, 0.5) is 5.69 Å². The van der Waals surface area contributed by atoms with Crippen LogP contribution in [0.5, 0.6) is 0 Å². The first-order valence-electron chi connectivity index (χ1n) is 7.53. The zero-order valence-electron chi connectivity index (χ0n) is 12.9. The second-order valence-corrected chi connectivity index (χ2v) is 6.19. The molecule has 2 rings (SSSR count). The Morgan fingerprint density at radius 2 is 2.24 bits per heavy atom. The molecule has 1 amide bonds. The molecule has 0 aromatic heterocycles. The van der Waals surface area contributed by atoms with Crippen LogP contribution in [-0.4, -0.2) is 31.6 Å². The van der Waals surface area contributed by atoms with E-state index in [1.54, 1.807) is 7.05 Å². The fourth-order valence-corrected chi connectivity index (χ4v) is 3.02. The molecule has 1 atom stereocenters. The van der Waals surface area contributed by atoms with Crippen LogP contribution in [0.3, 0.4) is 0 Å². The first kappa shape index (κ1) is 16.1. The SMILES string of the molecule is CNC(=O)C1CCCN1c1ccc(CNC(C)C)cc1Cl. The van der Waals surface area contributed by atoms with Gasteiger partial charge in [-0.15, -0.1) is 0 Å². The molecule has 4 nitrogen and oxygen atoms in total. The molecule has 1 aromatic carbocycles. The molecule has 1 saturated heterocycles. The van der Waals surface area contributed by atoms with Crippen molar-refractivity contribution in [2.45, 2.75) is 45.3 Å². The topological polar surface area (TPSA) is 44.4 Å². The second-order valence-electron chi connectivity index (χ2n) is 5.79. The smallest absolute Gasteiger partial charge is 0.242 e. The number of likely N-dealkylation sites (N-methyl/N-ethyl adjacent to an activating group) is 1. The van der Waals surface area contributed by atoms with Crippen molar-refractivity contribution in [3.63, 3.8) is 0 Å². The molecule has 1 heterocycles. The fourth-order valence-electron chi connectivity index (χ4n) is 2.71. The molecule has 2 N–H and O–H groups in total. The summed E-state index contributed by atoms with van der Waals surface area (Å²) >= 11 is 6.44. The first-order valence-corrected chi connectivity index (χ1v) is 7.90. The summed E-state index contributed by atoms with van der Waals surface area (Å²) < 4.78 is 0. The highest BCUT2D eigenvalue weighted by molar-refractivity contribution is 6.33. The normalized spacial score (nSPS) is 18.3. The van der Waals surface area contributed by atoms with E-state index in [4.69, 9.17) is 11.6 Å². The lowest BCUT2D eigenvalue weighted by molar-refractivity contribution is -0.121. The Morgan fingerprint density at radius 3 is 2.86 bits per heavy atom. The minimum Gasteiger partial charge on any atom is -0.358 e. The zero-order chi connectivity index (χ0) is 15.4. The van der Waals surface area contributed by atoms with Gasteiger partial charge in [0.15, 0.2) is 0 Å². The number of amides is 1. The van der Waals surface area contributed by atoms with Crippen molar-refractivity contribution in [2.24, 2.45) is 0 Å². The molecule has 1 aromatic rings. The van der Waals surface area contributed by atoms with E-state index < -0.39 is 0 Å². The predicted octanol–water partition coefficient (Wildman–Crippen LogP) is 2.55. The third-order valence-corrected chi connectivity index (χ3v) is 4.14. The van der Waals surface area contributed by atoms with Crippen molar-refractivity contribution < 1.29 is 4.79 Å². The number of carbonyl (C=O) groups excluding carboxylic acids is 1. The monoisotopic (exact) mass is 309 g/mol. The van der Waals surface area contributed by atoms with Crippen molar-refractivity contribution in [2.75, 3.05) is 18.5 Å². The highest BCUT2D eigenvalue weighted by Gasteiger charge is 2.31. The Labute approximate surface area is 131 Å². The second kappa shape index (κ2) is 7.14. The van der Waals surface area contributed by atoms with Gasteiger partial charge in [-0.05, 0) is 30.5 Å². The van der Waals surface area contributed by atoms with Gasteiger partial charge in [0.1, 0.15) is 6.04 Å². The summed E-state index contributed by atoms with van der Waals surface area (Å²) in [6, 6.07) is 6.44. The van der Waals surface area contributed by atoms with Gasteiger partial charge in [-0.1, -0.05) is 31.5 Å². The molecule has 1 fully saturated rings. The van der Waals surface area contributed by atoms with E-state index in [-0.39, 0.29) is 11.9 Å². The molecule has 1 aliphatic rings. The third kappa shape index (κ3) is 3.89. The van der Waals surface area contributed by atoms with Gasteiger partial charge in [0.05, 0.1) is 10.7 Å². The number of hydrogen-bond donors (Lipinski definition) is 2. The molecule has 21 heavy (non-hydrogen) atoms. The van der Waals surface area contributed by atoms with E-state index >= 15 is 0 Å². The number of rotatable bonds is 5. The molecule has 0 radical (unpaired) electrons. The van der Waals surface area contributed by atoms with Crippen molar-refractivity contribution in [3.8, 4) is 0 Å². The van der Waals surface area contributed by atoms with Crippen molar-refractivity contribution in [3.05, 3.63) is 28.8 Å². The number of hydrogen-bond acceptors (Lipinski definition) is 3. The van der Waals surface area contributed by atoms with E-state index in [1.807, 2.05) is 12.1 Å². The van der Waals surface area contributed by atoms with Crippen LogP contribution in [0, 0.1) is 0 Å².